The van der Waals surface area contributed by atoms with Gasteiger partial charge >= 0.3 is 5.97 Å². The van der Waals surface area contributed by atoms with Crippen molar-refractivity contribution < 1.29 is 14.3 Å². The zero-order valence-corrected chi connectivity index (χ0v) is 12.4. The molecule has 2 rings (SSSR count). The van der Waals surface area contributed by atoms with Gasteiger partial charge in [-0.2, -0.15) is 5.26 Å². The number of hydrogen-bond donors (Lipinski definition) is 0. The Labute approximate surface area is 129 Å². The number of ether oxygens (including phenoxy) is 1. The van der Waals surface area contributed by atoms with Gasteiger partial charge in [-0.05, 0) is 19.9 Å². The van der Waals surface area contributed by atoms with Gasteiger partial charge in [0.05, 0.1) is 5.56 Å². The highest BCUT2D eigenvalue weighted by Crippen LogP contribution is 2.17. The highest BCUT2D eigenvalue weighted by atomic mass is 16.5. The number of nitriles is 1. The Morgan fingerprint density at radius 1 is 1.05 bits per heavy atom. The summed E-state index contributed by atoms with van der Waals surface area (Å²) in [6.45, 7) is 3.41. The number of carbonyl (C=O) groups excluding carboxylic acids is 2. The number of esters is 1. The van der Waals surface area contributed by atoms with Crippen LogP contribution in [0.1, 0.15) is 38.8 Å². The molecule has 0 spiro atoms. The standard InChI is InChI=1S/C18H15NO3/c1-12-7-9-14(10-8-12)17(20)15-5-3-4-6-16(15)18(21)22-13(2)11-19/h3-10,13H,1-2H3/t13-/m1/s1. The van der Waals surface area contributed by atoms with E-state index in [1.54, 1.807) is 30.3 Å². The van der Waals surface area contributed by atoms with Crippen molar-refractivity contribution >= 4 is 11.8 Å². The molecule has 0 aliphatic carbocycles. The molecule has 0 fully saturated rings. The topological polar surface area (TPSA) is 67.2 Å². The number of hydrogen-bond acceptors (Lipinski definition) is 4. The lowest BCUT2D eigenvalue weighted by atomic mass is 9.98. The van der Waals surface area contributed by atoms with Crippen LogP contribution in [0.2, 0.25) is 0 Å². The first kappa shape index (κ1) is 15.5. The van der Waals surface area contributed by atoms with Gasteiger partial charge in [-0.1, -0.05) is 48.0 Å². The quantitative estimate of drug-likeness (QED) is 0.640. The molecule has 4 nitrogen and oxygen atoms in total. The lowest BCUT2D eigenvalue weighted by molar-refractivity contribution is 0.0433. The maximum atomic E-state index is 12.6. The molecule has 2 aromatic carbocycles. The van der Waals surface area contributed by atoms with Gasteiger partial charge in [0.1, 0.15) is 6.07 Å². The minimum atomic E-state index is -0.866. The van der Waals surface area contributed by atoms with Crippen LogP contribution in [-0.2, 0) is 4.74 Å². The number of ketones is 1. The molecule has 22 heavy (non-hydrogen) atoms. The maximum Gasteiger partial charge on any atom is 0.340 e. The van der Waals surface area contributed by atoms with Gasteiger partial charge in [-0.25, -0.2) is 4.79 Å². The molecule has 0 saturated heterocycles. The fourth-order valence-electron chi connectivity index (χ4n) is 1.97. The van der Waals surface area contributed by atoms with Crippen LogP contribution in [0.3, 0.4) is 0 Å². The highest BCUT2D eigenvalue weighted by molar-refractivity contribution is 6.14. The third-order valence-corrected chi connectivity index (χ3v) is 3.17. The molecular weight excluding hydrogens is 278 g/mol. The van der Waals surface area contributed by atoms with E-state index < -0.39 is 12.1 Å². The van der Waals surface area contributed by atoms with Gasteiger partial charge in [0, 0.05) is 11.1 Å². The third kappa shape index (κ3) is 3.39. The van der Waals surface area contributed by atoms with Gasteiger partial charge in [0.2, 0.25) is 0 Å². The fourth-order valence-corrected chi connectivity index (χ4v) is 1.97. The van der Waals surface area contributed by atoms with Crippen molar-refractivity contribution in [2.24, 2.45) is 0 Å². The van der Waals surface area contributed by atoms with Crippen molar-refractivity contribution in [3.05, 3.63) is 70.8 Å². The predicted molar refractivity (Wildman–Crippen MR) is 81.5 cm³/mol. The summed E-state index contributed by atoms with van der Waals surface area (Å²) in [5, 5.41) is 8.72. The average Bonchev–Trinajstić information content (AvgIpc) is 2.54. The van der Waals surface area contributed by atoms with Crippen molar-refractivity contribution in [1.82, 2.24) is 0 Å². The van der Waals surface area contributed by atoms with E-state index >= 15 is 0 Å². The molecule has 0 unspecified atom stereocenters. The van der Waals surface area contributed by atoms with E-state index in [0.29, 0.717) is 5.56 Å². The molecule has 0 amide bonds. The SMILES string of the molecule is Cc1ccc(C(=O)c2ccccc2C(=O)O[C@H](C)C#N)cc1. The van der Waals surface area contributed by atoms with Crippen molar-refractivity contribution in [2.45, 2.75) is 20.0 Å². The van der Waals surface area contributed by atoms with Crippen LogP contribution in [0.15, 0.2) is 48.5 Å². The minimum absolute atomic E-state index is 0.162. The summed E-state index contributed by atoms with van der Waals surface area (Å²) >= 11 is 0. The summed E-state index contributed by atoms with van der Waals surface area (Å²) < 4.78 is 4.98. The van der Waals surface area contributed by atoms with Crippen LogP contribution in [0, 0.1) is 18.3 Å². The molecule has 4 heteroatoms. The first-order chi connectivity index (χ1) is 10.5. The Bertz CT molecular complexity index is 742. The molecule has 2 aromatic rings. The van der Waals surface area contributed by atoms with E-state index in [0.717, 1.165) is 5.56 Å². The molecule has 0 aliphatic heterocycles. The molecule has 0 radical (unpaired) electrons. The van der Waals surface area contributed by atoms with Crippen LogP contribution in [-0.4, -0.2) is 17.9 Å². The zero-order chi connectivity index (χ0) is 16.1. The summed E-state index contributed by atoms with van der Waals surface area (Å²) in [4.78, 5) is 24.7. The summed E-state index contributed by atoms with van der Waals surface area (Å²) in [6.07, 6.45) is -0.866. The minimum Gasteiger partial charge on any atom is -0.444 e. The Hall–Kier alpha value is -2.93. The molecular formula is C18H15NO3. The monoisotopic (exact) mass is 293 g/mol. The highest BCUT2D eigenvalue weighted by Gasteiger charge is 2.20. The number of carbonyl (C=O) groups is 2. The molecule has 0 N–H and O–H groups in total. The largest absolute Gasteiger partial charge is 0.444 e. The van der Waals surface area contributed by atoms with Crippen molar-refractivity contribution in [1.29, 1.82) is 5.26 Å². The van der Waals surface area contributed by atoms with Crippen LogP contribution < -0.4 is 0 Å². The van der Waals surface area contributed by atoms with Gasteiger partial charge in [0.25, 0.3) is 0 Å². The summed E-state index contributed by atoms with van der Waals surface area (Å²) in [6, 6.07) is 15.4. The number of rotatable bonds is 4. The lowest BCUT2D eigenvalue weighted by Crippen LogP contribution is -2.17. The van der Waals surface area contributed by atoms with Crippen LogP contribution in [0.25, 0.3) is 0 Å². The molecule has 0 aliphatic rings. The van der Waals surface area contributed by atoms with Gasteiger partial charge in [-0.3, -0.25) is 4.79 Å². The van der Waals surface area contributed by atoms with Crippen molar-refractivity contribution in [3.63, 3.8) is 0 Å². The molecule has 0 saturated carbocycles. The Morgan fingerprint density at radius 2 is 1.64 bits per heavy atom. The normalized spacial score (nSPS) is 11.3. The van der Waals surface area contributed by atoms with Crippen LogP contribution in [0.4, 0.5) is 0 Å². The second-order valence-corrected chi connectivity index (χ2v) is 4.92. The van der Waals surface area contributed by atoms with Crippen molar-refractivity contribution in [2.75, 3.05) is 0 Å². The number of aryl methyl sites for hydroxylation is 1. The smallest absolute Gasteiger partial charge is 0.340 e. The fraction of sp³-hybridized carbons (Fsp3) is 0.167. The van der Waals surface area contributed by atoms with Gasteiger partial charge in [0.15, 0.2) is 11.9 Å². The zero-order valence-electron chi connectivity index (χ0n) is 12.4. The third-order valence-electron chi connectivity index (χ3n) is 3.17. The second kappa shape index (κ2) is 6.68. The maximum absolute atomic E-state index is 12.6. The van der Waals surface area contributed by atoms with Gasteiger partial charge in [-0.15, -0.1) is 0 Å². The van der Waals surface area contributed by atoms with E-state index in [-0.39, 0.29) is 16.9 Å². The predicted octanol–water partition coefficient (Wildman–Crippen LogP) is 3.29. The molecule has 0 bridgehead atoms. The Kier molecular flexibility index (Phi) is 4.70. The second-order valence-electron chi connectivity index (χ2n) is 4.92. The summed E-state index contributed by atoms with van der Waals surface area (Å²) in [7, 11) is 0. The Morgan fingerprint density at radius 3 is 2.23 bits per heavy atom. The lowest BCUT2D eigenvalue weighted by Gasteiger charge is -2.10. The first-order valence-corrected chi connectivity index (χ1v) is 6.84. The molecule has 1 atom stereocenters. The van der Waals surface area contributed by atoms with Gasteiger partial charge < -0.3 is 4.74 Å². The van der Waals surface area contributed by atoms with Crippen molar-refractivity contribution in [3.8, 4) is 6.07 Å². The average molecular weight is 293 g/mol. The van der Waals surface area contributed by atoms with E-state index in [1.165, 1.54) is 13.0 Å². The van der Waals surface area contributed by atoms with E-state index in [9.17, 15) is 9.59 Å². The van der Waals surface area contributed by atoms with E-state index in [1.807, 2.05) is 25.1 Å². The summed E-state index contributed by atoms with van der Waals surface area (Å²) in [5.41, 5.74) is 1.97. The van der Waals surface area contributed by atoms with E-state index in [4.69, 9.17) is 10.00 Å². The Balaban J connectivity index is 2.36. The van der Waals surface area contributed by atoms with E-state index in [2.05, 4.69) is 0 Å². The first-order valence-electron chi connectivity index (χ1n) is 6.84. The number of nitrogens with zero attached hydrogens (tertiary/aromatic N) is 1. The summed E-state index contributed by atoms with van der Waals surface area (Å²) in [5.74, 6) is -0.928. The number of benzene rings is 2. The molecule has 110 valence electrons. The van der Waals surface area contributed by atoms with Crippen LogP contribution in [0.5, 0.6) is 0 Å². The molecule has 0 aromatic heterocycles. The molecule has 0 heterocycles. The van der Waals surface area contributed by atoms with Crippen LogP contribution >= 0.6 is 0 Å².